The van der Waals surface area contributed by atoms with Crippen LogP contribution in [0.15, 0.2) is 72.9 Å². The summed E-state index contributed by atoms with van der Waals surface area (Å²) in [7, 11) is 0. The summed E-state index contributed by atoms with van der Waals surface area (Å²) in [4.78, 5) is 9.25. The van der Waals surface area contributed by atoms with E-state index in [1.54, 1.807) is 6.20 Å². The summed E-state index contributed by atoms with van der Waals surface area (Å²) >= 11 is 0. The zero-order valence-electron chi connectivity index (χ0n) is 13.3. The second kappa shape index (κ2) is 5.52. The molecule has 3 heterocycles. The molecule has 0 bridgehead atoms. The lowest BCUT2D eigenvalue weighted by atomic mass is 10.3. The lowest BCUT2D eigenvalue weighted by Gasteiger charge is -2.09. The molecule has 0 saturated heterocycles. The van der Waals surface area contributed by atoms with Gasteiger partial charge >= 0.3 is 0 Å². The maximum atomic E-state index is 4.78. The van der Waals surface area contributed by atoms with Crippen molar-refractivity contribution in [3.63, 3.8) is 0 Å². The van der Waals surface area contributed by atoms with E-state index in [2.05, 4.69) is 25.9 Å². The van der Waals surface area contributed by atoms with E-state index in [4.69, 9.17) is 4.98 Å². The summed E-state index contributed by atoms with van der Waals surface area (Å²) in [6.07, 6.45) is 1.78. The minimum absolute atomic E-state index is 0.521. The predicted octanol–water partition coefficient (Wildman–Crippen LogP) is 3.35. The molecular formula is C19H14N6. The number of rotatable bonds is 3. The molecule has 120 valence electrons. The summed E-state index contributed by atoms with van der Waals surface area (Å²) in [5.41, 5.74) is 4.69. The summed E-state index contributed by atoms with van der Waals surface area (Å²) in [6, 6.07) is 21.9. The Labute approximate surface area is 143 Å². The van der Waals surface area contributed by atoms with Gasteiger partial charge in [0.25, 0.3) is 0 Å². The Morgan fingerprint density at radius 2 is 1.52 bits per heavy atom. The molecule has 0 aliphatic carbocycles. The van der Waals surface area contributed by atoms with Crippen molar-refractivity contribution in [1.82, 2.24) is 29.5 Å². The highest BCUT2D eigenvalue weighted by molar-refractivity contribution is 5.80. The number of hydrogen-bond donors (Lipinski definition) is 0. The van der Waals surface area contributed by atoms with Crippen LogP contribution in [0, 0.1) is 0 Å². The number of aromatic nitrogens is 6. The van der Waals surface area contributed by atoms with Gasteiger partial charge in [0.15, 0.2) is 5.82 Å². The van der Waals surface area contributed by atoms with Crippen LogP contribution in [0.4, 0.5) is 0 Å². The second-order valence-corrected chi connectivity index (χ2v) is 5.79. The first kappa shape index (κ1) is 13.9. The Kier molecular flexibility index (Phi) is 3.06. The van der Waals surface area contributed by atoms with E-state index in [1.165, 1.54) is 0 Å². The smallest absolute Gasteiger partial charge is 0.161 e. The molecule has 0 radical (unpaired) electrons. The topological polar surface area (TPSA) is 61.4 Å². The average molecular weight is 326 g/mol. The van der Waals surface area contributed by atoms with Crippen molar-refractivity contribution in [3.8, 4) is 11.5 Å². The first-order valence-electron chi connectivity index (χ1n) is 8.05. The Balaban J connectivity index is 1.72. The zero-order chi connectivity index (χ0) is 16.6. The monoisotopic (exact) mass is 326 g/mol. The van der Waals surface area contributed by atoms with Gasteiger partial charge in [0.1, 0.15) is 17.9 Å². The molecule has 6 heteroatoms. The molecule has 2 aromatic carbocycles. The van der Waals surface area contributed by atoms with E-state index < -0.39 is 0 Å². The molecule has 0 fully saturated rings. The number of imidazole rings is 1. The van der Waals surface area contributed by atoms with E-state index in [9.17, 15) is 0 Å². The summed E-state index contributed by atoms with van der Waals surface area (Å²) < 4.78 is 4.01. The minimum Gasteiger partial charge on any atom is -0.302 e. The fourth-order valence-electron chi connectivity index (χ4n) is 3.06. The third kappa shape index (κ3) is 2.27. The number of fused-ring (bicyclic) bond motifs is 2. The van der Waals surface area contributed by atoms with Gasteiger partial charge in [-0.05, 0) is 36.4 Å². The highest BCUT2D eigenvalue weighted by Crippen LogP contribution is 2.24. The van der Waals surface area contributed by atoms with Crippen LogP contribution in [-0.2, 0) is 6.67 Å². The van der Waals surface area contributed by atoms with Crippen molar-refractivity contribution in [3.05, 3.63) is 72.9 Å². The zero-order valence-corrected chi connectivity index (χ0v) is 13.3. The number of pyridine rings is 1. The normalized spacial score (nSPS) is 11.4. The first-order valence-corrected chi connectivity index (χ1v) is 8.05. The van der Waals surface area contributed by atoms with Gasteiger partial charge < -0.3 is 4.57 Å². The predicted molar refractivity (Wildman–Crippen MR) is 95.9 cm³/mol. The quantitative estimate of drug-likeness (QED) is 0.510. The number of nitrogens with zero attached hydrogens (tertiary/aromatic N) is 6. The molecule has 25 heavy (non-hydrogen) atoms. The fourth-order valence-corrected chi connectivity index (χ4v) is 3.06. The highest BCUT2D eigenvalue weighted by Gasteiger charge is 2.15. The molecule has 0 saturated carbocycles. The second-order valence-electron chi connectivity index (χ2n) is 5.79. The van der Waals surface area contributed by atoms with Crippen LogP contribution >= 0.6 is 0 Å². The molecule has 0 spiro atoms. The van der Waals surface area contributed by atoms with E-state index >= 15 is 0 Å². The molecule has 5 rings (SSSR count). The van der Waals surface area contributed by atoms with Gasteiger partial charge in [0.2, 0.25) is 0 Å². The molecule has 0 atom stereocenters. The van der Waals surface area contributed by atoms with Crippen molar-refractivity contribution in [2.24, 2.45) is 0 Å². The molecule has 3 aromatic heterocycles. The number of hydrogen-bond acceptors (Lipinski definition) is 4. The highest BCUT2D eigenvalue weighted by atomic mass is 15.5. The van der Waals surface area contributed by atoms with Crippen LogP contribution in [0.3, 0.4) is 0 Å². The largest absolute Gasteiger partial charge is 0.302 e. The van der Waals surface area contributed by atoms with Crippen LogP contribution < -0.4 is 0 Å². The fraction of sp³-hybridized carbons (Fsp3) is 0.0526. The molecular weight excluding hydrogens is 312 g/mol. The average Bonchev–Trinajstić information content (AvgIpc) is 3.25. The Morgan fingerprint density at radius 3 is 2.36 bits per heavy atom. The van der Waals surface area contributed by atoms with E-state index in [-0.39, 0.29) is 0 Å². The molecule has 0 N–H and O–H groups in total. The van der Waals surface area contributed by atoms with Crippen molar-refractivity contribution in [2.45, 2.75) is 6.67 Å². The van der Waals surface area contributed by atoms with Gasteiger partial charge in [-0.15, -0.1) is 5.10 Å². The molecule has 0 aliphatic rings. The van der Waals surface area contributed by atoms with Crippen LogP contribution in [0.1, 0.15) is 0 Å². The lowest BCUT2D eigenvalue weighted by Crippen LogP contribution is -2.11. The van der Waals surface area contributed by atoms with E-state index in [0.717, 1.165) is 33.6 Å². The van der Waals surface area contributed by atoms with Crippen molar-refractivity contribution in [2.75, 3.05) is 0 Å². The van der Waals surface area contributed by atoms with E-state index in [0.29, 0.717) is 6.67 Å². The molecule has 6 nitrogen and oxygen atoms in total. The first-order chi connectivity index (χ1) is 12.4. The van der Waals surface area contributed by atoms with Crippen LogP contribution in [0.25, 0.3) is 33.6 Å². The van der Waals surface area contributed by atoms with Crippen LogP contribution in [-0.4, -0.2) is 29.5 Å². The number of benzene rings is 2. The maximum absolute atomic E-state index is 4.78. The summed E-state index contributed by atoms with van der Waals surface area (Å²) in [6.45, 7) is 0.521. The van der Waals surface area contributed by atoms with Gasteiger partial charge in [-0.1, -0.05) is 35.5 Å². The van der Waals surface area contributed by atoms with Gasteiger partial charge in [-0.3, -0.25) is 4.98 Å². The third-order valence-electron chi connectivity index (χ3n) is 4.24. The van der Waals surface area contributed by atoms with E-state index in [1.807, 2.05) is 65.3 Å². The Morgan fingerprint density at radius 1 is 0.760 bits per heavy atom. The third-order valence-corrected chi connectivity index (χ3v) is 4.24. The summed E-state index contributed by atoms with van der Waals surface area (Å²) in [5, 5.41) is 8.55. The summed E-state index contributed by atoms with van der Waals surface area (Å²) in [5.74, 6) is 0.821. The van der Waals surface area contributed by atoms with Gasteiger partial charge in [-0.2, -0.15) is 0 Å². The van der Waals surface area contributed by atoms with Crippen molar-refractivity contribution in [1.29, 1.82) is 0 Å². The molecule has 0 amide bonds. The molecule has 0 aliphatic heterocycles. The van der Waals surface area contributed by atoms with Crippen molar-refractivity contribution >= 4 is 22.1 Å². The van der Waals surface area contributed by atoms with Crippen molar-refractivity contribution < 1.29 is 0 Å². The standard InChI is InChI=1S/C19H14N6/c1-3-10-17-14(7-1)21-19(16-9-5-6-12-20-16)24(17)13-25-18-11-4-2-8-15(18)22-23-25/h1-12H,13H2. The van der Waals surface area contributed by atoms with Gasteiger partial charge in [-0.25, -0.2) is 9.67 Å². The Hall–Kier alpha value is -3.54. The number of para-hydroxylation sites is 3. The van der Waals surface area contributed by atoms with Crippen LogP contribution in [0.5, 0.6) is 0 Å². The van der Waals surface area contributed by atoms with Crippen LogP contribution in [0.2, 0.25) is 0 Å². The maximum Gasteiger partial charge on any atom is 0.161 e. The van der Waals surface area contributed by atoms with Gasteiger partial charge in [0.05, 0.1) is 16.6 Å². The molecule has 0 unspecified atom stereocenters. The Bertz CT molecular complexity index is 1170. The molecule has 5 aromatic rings. The van der Waals surface area contributed by atoms with Gasteiger partial charge in [0, 0.05) is 6.20 Å². The minimum atomic E-state index is 0.521. The lowest BCUT2D eigenvalue weighted by molar-refractivity contribution is 0.558. The SMILES string of the molecule is c1ccc(-c2nc3ccccc3n2Cn2nnc3ccccc32)nc1.